The molecular weight excluding hydrogens is 311 g/mol. The van der Waals surface area contributed by atoms with Crippen molar-refractivity contribution in [2.75, 3.05) is 11.9 Å². The van der Waals surface area contributed by atoms with E-state index in [1.165, 1.54) is 25.1 Å². The van der Waals surface area contributed by atoms with Crippen molar-refractivity contribution in [3.05, 3.63) is 59.9 Å². The number of nitrogens with one attached hydrogen (secondary N) is 2. The first-order valence-electron chi connectivity index (χ1n) is 7.61. The normalized spacial score (nSPS) is 11.5. The van der Waals surface area contributed by atoms with Crippen molar-refractivity contribution in [2.45, 2.75) is 19.9 Å². The summed E-state index contributed by atoms with van der Waals surface area (Å²) < 4.78 is 19.0. The van der Waals surface area contributed by atoms with E-state index in [2.05, 4.69) is 10.6 Å². The average molecular weight is 330 g/mol. The summed E-state index contributed by atoms with van der Waals surface area (Å²) >= 11 is 0. The van der Waals surface area contributed by atoms with Gasteiger partial charge in [-0.15, -0.1) is 0 Å². The number of ether oxygens (including phenoxy) is 1. The van der Waals surface area contributed by atoms with Gasteiger partial charge in [0.1, 0.15) is 17.6 Å². The van der Waals surface area contributed by atoms with Gasteiger partial charge < -0.3 is 15.4 Å². The molecule has 2 aromatic rings. The van der Waals surface area contributed by atoms with E-state index in [0.29, 0.717) is 18.0 Å². The van der Waals surface area contributed by atoms with Gasteiger partial charge in [-0.1, -0.05) is 24.3 Å². The standard InChI is InChI=1S/C18H19FN2O3/c1-3-24-16-11-7-6-10-15(16)21-17(22)12(2)20-18(23)13-8-4-5-9-14(13)19/h4-12H,3H2,1-2H3,(H,20,23)(H,21,22). The number of rotatable bonds is 6. The van der Waals surface area contributed by atoms with Gasteiger partial charge in [0.05, 0.1) is 17.9 Å². The smallest absolute Gasteiger partial charge is 0.254 e. The van der Waals surface area contributed by atoms with Crippen LogP contribution in [0.15, 0.2) is 48.5 Å². The van der Waals surface area contributed by atoms with E-state index in [1.54, 1.807) is 30.3 Å². The maximum atomic E-state index is 13.6. The van der Waals surface area contributed by atoms with Crippen molar-refractivity contribution in [3.8, 4) is 5.75 Å². The summed E-state index contributed by atoms with van der Waals surface area (Å²) in [6.07, 6.45) is 0. The molecule has 5 nitrogen and oxygen atoms in total. The molecule has 1 unspecified atom stereocenters. The molecular formula is C18H19FN2O3. The largest absolute Gasteiger partial charge is 0.492 e. The van der Waals surface area contributed by atoms with Gasteiger partial charge in [-0.25, -0.2) is 4.39 Å². The molecule has 0 saturated heterocycles. The predicted octanol–water partition coefficient (Wildman–Crippen LogP) is 2.98. The average Bonchev–Trinajstić information content (AvgIpc) is 2.57. The number of carbonyl (C=O) groups excluding carboxylic acids is 2. The lowest BCUT2D eigenvalue weighted by atomic mass is 10.2. The van der Waals surface area contributed by atoms with E-state index in [4.69, 9.17) is 4.74 Å². The Bertz CT molecular complexity index is 734. The Morgan fingerprint density at radius 2 is 1.79 bits per heavy atom. The molecule has 0 aliphatic carbocycles. The van der Waals surface area contributed by atoms with Gasteiger partial charge in [0.2, 0.25) is 5.91 Å². The van der Waals surface area contributed by atoms with E-state index in [-0.39, 0.29) is 5.56 Å². The Morgan fingerprint density at radius 1 is 1.12 bits per heavy atom. The summed E-state index contributed by atoms with van der Waals surface area (Å²) in [4.78, 5) is 24.3. The fourth-order valence-electron chi connectivity index (χ4n) is 2.08. The lowest BCUT2D eigenvalue weighted by Crippen LogP contribution is -2.41. The predicted molar refractivity (Wildman–Crippen MR) is 89.6 cm³/mol. The molecule has 0 aromatic heterocycles. The first kappa shape index (κ1) is 17.5. The molecule has 6 heteroatoms. The minimum atomic E-state index is -0.841. The fourth-order valence-corrected chi connectivity index (χ4v) is 2.08. The summed E-state index contributed by atoms with van der Waals surface area (Å²) in [5.74, 6) is -1.16. The Kier molecular flexibility index (Phi) is 5.89. The molecule has 0 aliphatic rings. The van der Waals surface area contributed by atoms with Crippen molar-refractivity contribution >= 4 is 17.5 Å². The molecule has 2 rings (SSSR count). The molecule has 0 spiro atoms. The number of halogens is 1. The van der Waals surface area contributed by atoms with Crippen LogP contribution in [-0.2, 0) is 4.79 Å². The van der Waals surface area contributed by atoms with E-state index in [1.807, 2.05) is 6.92 Å². The molecule has 2 aromatic carbocycles. The van der Waals surface area contributed by atoms with Crippen LogP contribution in [0.1, 0.15) is 24.2 Å². The summed E-state index contributed by atoms with van der Waals surface area (Å²) in [7, 11) is 0. The molecule has 126 valence electrons. The number of hydrogen-bond acceptors (Lipinski definition) is 3. The SMILES string of the molecule is CCOc1ccccc1NC(=O)C(C)NC(=O)c1ccccc1F. The van der Waals surface area contributed by atoms with Gasteiger partial charge in [-0.2, -0.15) is 0 Å². The topological polar surface area (TPSA) is 67.4 Å². The maximum Gasteiger partial charge on any atom is 0.254 e. The number of anilines is 1. The molecule has 2 N–H and O–H groups in total. The molecule has 0 aliphatic heterocycles. The van der Waals surface area contributed by atoms with E-state index in [9.17, 15) is 14.0 Å². The molecule has 0 radical (unpaired) electrons. The number of carbonyl (C=O) groups is 2. The number of amides is 2. The Hall–Kier alpha value is -2.89. The van der Waals surface area contributed by atoms with Crippen LogP contribution >= 0.6 is 0 Å². The summed E-state index contributed by atoms with van der Waals surface area (Å²) in [5, 5.41) is 5.17. The van der Waals surface area contributed by atoms with E-state index < -0.39 is 23.7 Å². The third kappa shape index (κ3) is 4.32. The molecule has 1 atom stereocenters. The molecule has 0 bridgehead atoms. The highest BCUT2D eigenvalue weighted by Crippen LogP contribution is 2.23. The van der Waals surface area contributed by atoms with Crippen molar-refractivity contribution in [3.63, 3.8) is 0 Å². The first-order valence-corrected chi connectivity index (χ1v) is 7.61. The second-order valence-electron chi connectivity index (χ2n) is 5.09. The third-order valence-corrected chi connectivity index (χ3v) is 3.30. The van der Waals surface area contributed by atoms with Gasteiger partial charge in [-0.3, -0.25) is 9.59 Å². The second-order valence-corrected chi connectivity index (χ2v) is 5.09. The zero-order valence-corrected chi connectivity index (χ0v) is 13.5. The number of benzene rings is 2. The molecule has 0 saturated carbocycles. The zero-order chi connectivity index (χ0) is 17.5. The lowest BCUT2D eigenvalue weighted by molar-refractivity contribution is -0.117. The van der Waals surface area contributed by atoms with Crippen LogP contribution in [0, 0.1) is 5.82 Å². The van der Waals surface area contributed by atoms with Crippen molar-refractivity contribution < 1.29 is 18.7 Å². The highest BCUT2D eigenvalue weighted by molar-refractivity contribution is 6.01. The van der Waals surface area contributed by atoms with Gasteiger partial charge in [-0.05, 0) is 38.1 Å². The monoisotopic (exact) mass is 330 g/mol. The Labute approximate surface area is 139 Å². The van der Waals surface area contributed by atoms with Gasteiger partial charge in [0, 0.05) is 0 Å². The van der Waals surface area contributed by atoms with Crippen LogP contribution in [0.5, 0.6) is 5.75 Å². The van der Waals surface area contributed by atoms with Crippen LogP contribution in [0.25, 0.3) is 0 Å². The maximum absolute atomic E-state index is 13.6. The van der Waals surface area contributed by atoms with Crippen molar-refractivity contribution in [1.82, 2.24) is 5.32 Å². The molecule has 0 fully saturated rings. The van der Waals surface area contributed by atoms with Crippen LogP contribution in [-0.4, -0.2) is 24.5 Å². The van der Waals surface area contributed by atoms with Gasteiger partial charge in [0.25, 0.3) is 5.91 Å². The summed E-state index contributed by atoms with van der Waals surface area (Å²) in [6.45, 7) is 3.83. The summed E-state index contributed by atoms with van der Waals surface area (Å²) in [5.41, 5.74) is 0.406. The van der Waals surface area contributed by atoms with Crippen LogP contribution < -0.4 is 15.4 Å². The minimum Gasteiger partial charge on any atom is -0.492 e. The van der Waals surface area contributed by atoms with Gasteiger partial charge in [0.15, 0.2) is 0 Å². The summed E-state index contributed by atoms with van der Waals surface area (Å²) in [6, 6.07) is 11.8. The van der Waals surface area contributed by atoms with Crippen molar-refractivity contribution in [1.29, 1.82) is 0 Å². The van der Waals surface area contributed by atoms with E-state index >= 15 is 0 Å². The fraction of sp³-hybridized carbons (Fsp3) is 0.222. The highest BCUT2D eigenvalue weighted by Gasteiger charge is 2.19. The third-order valence-electron chi connectivity index (χ3n) is 3.30. The van der Waals surface area contributed by atoms with Crippen LogP contribution in [0.2, 0.25) is 0 Å². The molecule has 24 heavy (non-hydrogen) atoms. The first-order chi connectivity index (χ1) is 11.5. The van der Waals surface area contributed by atoms with Gasteiger partial charge >= 0.3 is 0 Å². The lowest BCUT2D eigenvalue weighted by Gasteiger charge is -2.16. The van der Waals surface area contributed by atoms with Crippen molar-refractivity contribution in [2.24, 2.45) is 0 Å². The molecule has 0 heterocycles. The molecule has 2 amide bonds. The Morgan fingerprint density at radius 3 is 2.50 bits per heavy atom. The Balaban J connectivity index is 2.03. The van der Waals surface area contributed by atoms with Crippen LogP contribution in [0.4, 0.5) is 10.1 Å². The quantitative estimate of drug-likeness (QED) is 0.856. The van der Waals surface area contributed by atoms with Crippen LogP contribution in [0.3, 0.4) is 0 Å². The van der Waals surface area contributed by atoms with E-state index in [0.717, 1.165) is 0 Å². The zero-order valence-electron chi connectivity index (χ0n) is 13.5. The number of para-hydroxylation sites is 2. The minimum absolute atomic E-state index is 0.105. The highest BCUT2D eigenvalue weighted by atomic mass is 19.1. The number of hydrogen-bond donors (Lipinski definition) is 2. The second kappa shape index (κ2) is 8.10.